The summed E-state index contributed by atoms with van der Waals surface area (Å²) >= 11 is 3.43. The Bertz CT molecular complexity index is 611. The number of halogens is 1. The van der Waals surface area contributed by atoms with Gasteiger partial charge in [0.15, 0.2) is 0 Å². The van der Waals surface area contributed by atoms with Gasteiger partial charge in [-0.1, -0.05) is 40.9 Å². The summed E-state index contributed by atoms with van der Waals surface area (Å²) in [5.74, 6) is 0.858. The lowest BCUT2D eigenvalue weighted by Gasteiger charge is -2.07. The van der Waals surface area contributed by atoms with E-state index in [1.165, 1.54) is 31.4 Å². The first-order valence-corrected chi connectivity index (χ1v) is 8.86. The summed E-state index contributed by atoms with van der Waals surface area (Å²) in [5.41, 5.74) is 2.08. The first-order chi connectivity index (χ1) is 11.2. The quantitative estimate of drug-likeness (QED) is 0.247. The third kappa shape index (κ3) is 5.67. The molecular formula is C18H20BrNO3. The van der Waals surface area contributed by atoms with E-state index in [0.29, 0.717) is 0 Å². The Morgan fingerprint density at radius 2 is 1.43 bits per heavy atom. The van der Waals surface area contributed by atoms with Gasteiger partial charge in [0, 0.05) is 17.5 Å². The van der Waals surface area contributed by atoms with Crippen LogP contribution in [0.3, 0.4) is 0 Å². The minimum atomic E-state index is -0.390. The summed E-state index contributed by atoms with van der Waals surface area (Å²) in [6.07, 6.45) is 4.70. The SMILES string of the molecule is O=[N+]([O-])c1ccc(-c2ccc(OCCCCCCBr)cc2)cc1. The number of nitro groups is 1. The molecule has 0 aromatic heterocycles. The van der Waals surface area contributed by atoms with Crippen molar-refractivity contribution >= 4 is 21.6 Å². The molecule has 0 atom stereocenters. The average molecular weight is 378 g/mol. The second kappa shape index (κ2) is 9.30. The third-order valence-corrected chi connectivity index (χ3v) is 4.12. The highest BCUT2D eigenvalue weighted by Crippen LogP contribution is 2.24. The van der Waals surface area contributed by atoms with Crippen molar-refractivity contribution in [1.82, 2.24) is 0 Å². The Morgan fingerprint density at radius 3 is 2.00 bits per heavy atom. The van der Waals surface area contributed by atoms with Crippen LogP contribution in [-0.4, -0.2) is 16.9 Å². The highest BCUT2D eigenvalue weighted by atomic mass is 79.9. The molecule has 4 nitrogen and oxygen atoms in total. The molecule has 23 heavy (non-hydrogen) atoms. The summed E-state index contributed by atoms with van der Waals surface area (Å²) in [4.78, 5) is 10.3. The minimum absolute atomic E-state index is 0.105. The van der Waals surface area contributed by atoms with Gasteiger partial charge in [0.25, 0.3) is 5.69 Å². The molecule has 0 radical (unpaired) electrons. The Morgan fingerprint density at radius 1 is 0.870 bits per heavy atom. The molecule has 0 N–H and O–H groups in total. The van der Waals surface area contributed by atoms with Gasteiger partial charge in [-0.3, -0.25) is 10.1 Å². The summed E-state index contributed by atoms with van der Waals surface area (Å²) in [6, 6.07) is 14.4. The summed E-state index contributed by atoms with van der Waals surface area (Å²) < 4.78 is 5.73. The predicted octanol–water partition coefficient (Wildman–Crippen LogP) is 5.60. The number of benzene rings is 2. The fraction of sp³-hybridized carbons (Fsp3) is 0.333. The van der Waals surface area contributed by atoms with E-state index in [9.17, 15) is 10.1 Å². The van der Waals surface area contributed by atoms with Crippen LogP contribution in [0.5, 0.6) is 5.75 Å². The molecule has 0 aliphatic rings. The van der Waals surface area contributed by atoms with Crippen LogP contribution < -0.4 is 4.74 Å². The Labute approximate surface area is 144 Å². The topological polar surface area (TPSA) is 52.4 Å². The zero-order valence-electron chi connectivity index (χ0n) is 12.9. The van der Waals surface area contributed by atoms with Crippen molar-refractivity contribution in [3.05, 3.63) is 58.6 Å². The molecule has 0 aliphatic carbocycles. The van der Waals surface area contributed by atoms with Gasteiger partial charge in [0.2, 0.25) is 0 Å². The lowest BCUT2D eigenvalue weighted by molar-refractivity contribution is -0.384. The van der Waals surface area contributed by atoms with Gasteiger partial charge in [-0.2, -0.15) is 0 Å². The zero-order chi connectivity index (χ0) is 16.5. The van der Waals surface area contributed by atoms with Crippen LogP contribution in [0.15, 0.2) is 48.5 Å². The van der Waals surface area contributed by atoms with E-state index in [0.717, 1.165) is 35.2 Å². The first-order valence-electron chi connectivity index (χ1n) is 7.74. The van der Waals surface area contributed by atoms with Crippen LogP contribution in [-0.2, 0) is 0 Å². The van der Waals surface area contributed by atoms with Crippen molar-refractivity contribution in [1.29, 1.82) is 0 Å². The summed E-state index contributed by atoms with van der Waals surface area (Å²) in [5, 5.41) is 11.7. The van der Waals surface area contributed by atoms with Crippen molar-refractivity contribution in [2.75, 3.05) is 11.9 Å². The van der Waals surface area contributed by atoms with Crippen LogP contribution in [0.1, 0.15) is 25.7 Å². The van der Waals surface area contributed by atoms with Gasteiger partial charge < -0.3 is 4.74 Å². The van der Waals surface area contributed by atoms with Crippen LogP contribution in [0.2, 0.25) is 0 Å². The minimum Gasteiger partial charge on any atom is -0.494 e. The molecule has 0 unspecified atom stereocenters. The van der Waals surface area contributed by atoms with E-state index in [1.807, 2.05) is 24.3 Å². The molecule has 0 amide bonds. The number of ether oxygens (including phenoxy) is 1. The van der Waals surface area contributed by atoms with Gasteiger partial charge in [-0.15, -0.1) is 0 Å². The zero-order valence-corrected chi connectivity index (χ0v) is 14.5. The number of nitro benzene ring substituents is 1. The van der Waals surface area contributed by atoms with E-state index < -0.39 is 4.92 Å². The van der Waals surface area contributed by atoms with Gasteiger partial charge in [0.05, 0.1) is 11.5 Å². The maximum absolute atomic E-state index is 10.7. The van der Waals surface area contributed by atoms with Gasteiger partial charge in [-0.05, 0) is 48.2 Å². The molecule has 2 aromatic rings. The standard InChI is InChI=1S/C18H20BrNO3/c19-13-3-1-2-4-14-23-18-11-7-16(8-12-18)15-5-9-17(10-6-15)20(21)22/h5-12H,1-4,13-14H2. The monoisotopic (exact) mass is 377 g/mol. The summed E-state index contributed by atoms with van der Waals surface area (Å²) in [7, 11) is 0. The van der Waals surface area contributed by atoms with E-state index in [4.69, 9.17) is 4.74 Å². The molecule has 0 heterocycles. The van der Waals surface area contributed by atoms with E-state index in [-0.39, 0.29) is 5.69 Å². The van der Waals surface area contributed by atoms with Crippen LogP contribution >= 0.6 is 15.9 Å². The Kier molecular flexibility index (Phi) is 7.07. The number of alkyl halides is 1. The number of non-ortho nitro benzene ring substituents is 1. The van der Waals surface area contributed by atoms with Crippen molar-refractivity contribution < 1.29 is 9.66 Å². The second-order valence-electron chi connectivity index (χ2n) is 5.28. The predicted molar refractivity (Wildman–Crippen MR) is 96.3 cm³/mol. The number of rotatable bonds is 9. The van der Waals surface area contributed by atoms with Crippen LogP contribution in [0, 0.1) is 10.1 Å². The molecule has 2 aromatic carbocycles. The van der Waals surface area contributed by atoms with E-state index in [1.54, 1.807) is 12.1 Å². The number of hydrogen-bond acceptors (Lipinski definition) is 3. The highest BCUT2D eigenvalue weighted by molar-refractivity contribution is 9.09. The molecule has 5 heteroatoms. The first kappa shape index (κ1) is 17.5. The molecule has 0 saturated heterocycles. The smallest absolute Gasteiger partial charge is 0.269 e. The normalized spacial score (nSPS) is 10.5. The number of nitrogens with zero attached hydrogens (tertiary/aromatic N) is 1. The fourth-order valence-electron chi connectivity index (χ4n) is 2.26. The van der Waals surface area contributed by atoms with E-state index >= 15 is 0 Å². The van der Waals surface area contributed by atoms with Crippen LogP contribution in [0.4, 0.5) is 5.69 Å². The Balaban J connectivity index is 1.85. The fourth-order valence-corrected chi connectivity index (χ4v) is 2.66. The average Bonchev–Trinajstić information content (AvgIpc) is 2.58. The van der Waals surface area contributed by atoms with Crippen LogP contribution in [0.25, 0.3) is 11.1 Å². The maximum atomic E-state index is 10.7. The molecule has 122 valence electrons. The lowest BCUT2D eigenvalue weighted by atomic mass is 10.1. The van der Waals surface area contributed by atoms with Gasteiger partial charge in [-0.25, -0.2) is 0 Å². The van der Waals surface area contributed by atoms with Crippen molar-refractivity contribution in [2.45, 2.75) is 25.7 Å². The third-order valence-electron chi connectivity index (χ3n) is 3.56. The van der Waals surface area contributed by atoms with Gasteiger partial charge >= 0.3 is 0 Å². The van der Waals surface area contributed by atoms with Crippen molar-refractivity contribution in [3.63, 3.8) is 0 Å². The maximum Gasteiger partial charge on any atom is 0.269 e. The highest BCUT2D eigenvalue weighted by Gasteiger charge is 2.05. The van der Waals surface area contributed by atoms with E-state index in [2.05, 4.69) is 15.9 Å². The summed E-state index contributed by atoms with van der Waals surface area (Å²) in [6.45, 7) is 0.735. The number of unbranched alkanes of at least 4 members (excludes halogenated alkanes) is 3. The molecule has 0 aliphatic heterocycles. The molecule has 0 spiro atoms. The second-order valence-corrected chi connectivity index (χ2v) is 6.07. The molecule has 2 rings (SSSR count). The molecule has 0 fully saturated rings. The van der Waals surface area contributed by atoms with Gasteiger partial charge in [0.1, 0.15) is 5.75 Å². The number of hydrogen-bond donors (Lipinski definition) is 0. The molecule has 0 bridgehead atoms. The lowest BCUT2D eigenvalue weighted by Crippen LogP contribution is -1.97. The Hall–Kier alpha value is -1.88. The van der Waals surface area contributed by atoms with Crippen molar-refractivity contribution in [2.24, 2.45) is 0 Å². The molecule has 0 saturated carbocycles. The molecular weight excluding hydrogens is 358 g/mol. The largest absolute Gasteiger partial charge is 0.494 e. The van der Waals surface area contributed by atoms with Crippen molar-refractivity contribution in [3.8, 4) is 16.9 Å².